The maximum atomic E-state index is 11.0. The molecule has 1 aromatic rings. The third-order valence-electron chi connectivity index (χ3n) is 6.04. The van der Waals surface area contributed by atoms with Crippen molar-refractivity contribution in [1.82, 2.24) is 4.90 Å². The van der Waals surface area contributed by atoms with Crippen LogP contribution in [0.2, 0.25) is 0 Å². The van der Waals surface area contributed by atoms with Gasteiger partial charge >= 0.3 is 5.97 Å². The van der Waals surface area contributed by atoms with Crippen LogP contribution in [0.4, 0.5) is 0 Å². The molecule has 28 heavy (non-hydrogen) atoms. The fraction of sp³-hybridized carbons (Fsp3) is 0.682. The summed E-state index contributed by atoms with van der Waals surface area (Å²) in [6.07, 6.45) is 7.11. The van der Waals surface area contributed by atoms with Crippen molar-refractivity contribution in [3.8, 4) is 0 Å². The minimum Gasteiger partial charge on any atom is -0.481 e. The van der Waals surface area contributed by atoms with Gasteiger partial charge < -0.3 is 14.6 Å². The van der Waals surface area contributed by atoms with E-state index < -0.39 is 5.97 Å². The van der Waals surface area contributed by atoms with Crippen LogP contribution in [0.1, 0.15) is 55.9 Å². The van der Waals surface area contributed by atoms with Crippen LogP contribution in [0.3, 0.4) is 0 Å². The molecule has 1 aliphatic carbocycles. The summed E-state index contributed by atoms with van der Waals surface area (Å²) in [5.74, 6) is -0.726. The van der Waals surface area contributed by atoms with Gasteiger partial charge in [-0.15, -0.1) is 11.3 Å². The molecular weight excluding hydrogens is 374 g/mol. The van der Waals surface area contributed by atoms with Gasteiger partial charge in [-0.3, -0.25) is 9.69 Å². The fourth-order valence-corrected chi connectivity index (χ4v) is 5.54. The topological polar surface area (TPSA) is 59.0 Å². The van der Waals surface area contributed by atoms with Gasteiger partial charge in [0.1, 0.15) is 5.60 Å². The molecule has 0 amide bonds. The summed E-state index contributed by atoms with van der Waals surface area (Å²) < 4.78 is 12.4. The first-order valence-corrected chi connectivity index (χ1v) is 11.3. The average Bonchev–Trinajstić information content (AvgIpc) is 3.31. The van der Waals surface area contributed by atoms with Crippen molar-refractivity contribution < 1.29 is 19.4 Å². The monoisotopic (exact) mass is 407 g/mol. The third kappa shape index (κ3) is 5.03. The standard InChI is InChI=1S/C22H33NO4S/c1-3-18(6-4-8-21(24)25)22(27-15-19-14-17(2)16-28-19)9-5-7-20(22)23-10-12-26-13-11-23/h3,14,16,20H,4-13,15H2,1-2H3,(H,24,25). The predicted octanol–water partition coefficient (Wildman–Crippen LogP) is 4.40. The third-order valence-corrected chi connectivity index (χ3v) is 7.06. The highest BCUT2D eigenvalue weighted by Crippen LogP contribution is 2.45. The molecule has 3 rings (SSSR count). The number of hydrogen-bond acceptors (Lipinski definition) is 5. The van der Waals surface area contributed by atoms with Gasteiger partial charge in [-0.05, 0) is 68.5 Å². The first-order valence-electron chi connectivity index (χ1n) is 10.4. The molecule has 2 aliphatic rings. The Bertz CT molecular complexity index is 680. The van der Waals surface area contributed by atoms with Gasteiger partial charge in [0.05, 0.1) is 19.8 Å². The van der Waals surface area contributed by atoms with Crippen LogP contribution in [-0.4, -0.2) is 53.9 Å². The van der Waals surface area contributed by atoms with Crippen LogP contribution in [0.5, 0.6) is 0 Å². The maximum absolute atomic E-state index is 11.0. The number of morpholine rings is 1. The van der Waals surface area contributed by atoms with Crippen LogP contribution < -0.4 is 0 Å². The van der Waals surface area contributed by atoms with Crippen LogP contribution in [0.15, 0.2) is 23.1 Å². The van der Waals surface area contributed by atoms with E-state index in [1.165, 1.54) is 16.0 Å². The minimum atomic E-state index is -0.726. The summed E-state index contributed by atoms with van der Waals surface area (Å²) in [5, 5.41) is 11.2. The van der Waals surface area contributed by atoms with Crippen LogP contribution >= 0.6 is 11.3 Å². The van der Waals surface area contributed by atoms with E-state index in [1.807, 2.05) is 0 Å². The van der Waals surface area contributed by atoms with Crippen molar-refractivity contribution in [2.24, 2.45) is 0 Å². The highest BCUT2D eigenvalue weighted by atomic mass is 32.1. The van der Waals surface area contributed by atoms with Gasteiger partial charge in [-0.1, -0.05) is 6.08 Å². The number of carbonyl (C=O) groups is 1. The number of aliphatic carboxylic acids is 1. The number of hydrogen-bond donors (Lipinski definition) is 1. The Morgan fingerprint density at radius 1 is 1.43 bits per heavy atom. The van der Waals surface area contributed by atoms with Gasteiger partial charge in [-0.2, -0.15) is 0 Å². The fourth-order valence-electron chi connectivity index (χ4n) is 4.76. The smallest absolute Gasteiger partial charge is 0.303 e. The average molecular weight is 408 g/mol. The van der Waals surface area contributed by atoms with Crippen LogP contribution in [0, 0.1) is 6.92 Å². The minimum absolute atomic E-state index is 0.208. The molecule has 2 atom stereocenters. The number of carboxylic acids is 1. The molecule has 1 saturated carbocycles. The van der Waals surface area contributed by atoms with E-state index in [0.717, 1.165) is 52.0 Å². The van der Waals surface area contributed by atoms with Crippen molar-refractivity contribution >= 4 is 17.3 Å². The van der Waals surface area contributed by atoms with E-state index in [9.17, 15) is 4.79 Å². The Hall–Kier alpha value is -1.21. The van der Waals surface area contributed by atoms with Crippen molar-refractivity contribution in [3.63, 3.8) is 0 Å². The Morgan fingerprint density at radius 3 is 2.86 bits per heavy atom. The second kappa shape index (κ2) is 10.0. The molecule has 1 aromatic heterocycles. The van der Waals surface area contributed by atoms with E-state index in [4.69, 9.17) is 14.6 Å². The molecule has 0 bridgehead atoms. The number of ether oxygens (including phenoxy) is 2. The first kappa shape index (κ1) is 21.5. The zero-order valence-corrected chi connectivity index (χ0v) is 17.9. The molecule has 1 aliphatic heterocycles. The largest absolute Gasteiger partial charge is 0.481 e. The maximum Gasteiger partial charge on any atom is 0.303 e. The number of carboxylic acid groups (broad SMARTS) is 1. The van der Waals surface area contributed by atoms with Crippen molar-refractivity contribution in [2.45, 2.75) is 70.6 Å². The highest BCUT2D eigenvalue weighted by Gasteiger charge is 2.49. The number of thiophene rings is 1. The van der Waals surface area contributed by atoms with Gasteiger partial charge in [-0.25, -0.2) is 0 Å². The summed E-state index contributed by atoms with van der Waals surface area (Å²) >= 11 is 1.75. The molecule has 0 aromatic carbocycles. The zero-order valence-electron chi connectivity index (χ0n) is 17.1. The molecule has 1 saturated heterocycles. The molecule has 2 fully saturated rings. The van der Waals surface area contributed by atoms with Gasteiger partial charge in [0.25, 0.3) is 0 Å². The number of aryl methyl sites for hydroxylation is 1. The summed E-state index contributed by atoms with van der Waals surface area (Å²) in [6, 6.07) is 2.55. The lowest BCUT2D eigenvalue weighted by atomic mass is 9.83. The molecule has 5 nitrogen and oxygen atoms in total. The van der Waals surface area contributed by atoms with E-state index in [1.54, 1.807) is 11.3 Å². The van der Waals surface area contributed by atoms with Crippen LogP contribution in [0.25, 0.3) is 0 Å². The summed E-state index contributed by atoms with van der Waals surface area (Å²) in [6.45, 7) is 8.26. The quantitative estimate of drug-likeness (QED) is 0.615. The van der Waals surface area contributed by atoms with Crippen molar-refractivity contribution in [1.29, 1.82) is 0 Å². The molecule has 1 N–H and O–H groups in total. The van der Waals surface area contributed by atoms with Crippen molar-refractivity contribution in [3.05, 3.63) is 33.5 Å². The van der Waals surface area contributed by atoms with E-state index in [2.05, 4.69) is 36.3 Å². The van der Waals surface area contributed by atoms with E-state index in [-0.39, 0.29) is 12.0 Å². The lowest BCUT2D eigenvalue weighted by Gasteiger charge is -2.45. The molecule has 2 heterocycles. The van der Waals surface area contributed by atoms with Gasteiger partial charge in [0, 0.05) is 30.4 Å². The SMILES string of the molecule is CC=C(CCCC(=O)O)C1(OCc2cc(C)cs2)CCCC1N1CCOCC1. The van der Waals surface area contributed by atoms with Crippen LogP contribution in [-0.2, 0) is 20.9 Å². The second-order valence-electron chi connectivity index (χ2n) is 7.89. The summed E-state index contributed by atoms with van der Waals surface area (Å²) in [5.41, 5.74) is 2.24. The van der Waals surface area contributed by atoms with E-state index >= 15 is 0 Å². The Morgan fingerprint density at radius 2 is 2.21 bits per heavy atom. The number of allylic oxidation sites excluding steroid dienone is 1. The molecule has 0 radical (unpaired) electrons. The number of nitrogens with zero attached hydrogens (tertiary/aromatic N) is 1. The molecular formula is C22H33NO4S. The van der Waals surface area contributed by atoms with E-state index in [0.29, 0.717) is 19.1 Å². The van der Waals surface area contributed by atoms with Gasteiger partial charge in [0.2, 0.25) is 0 Å². The molecule has 0 spiro atoms. The number of rotatable bonds is 9. The normalized spacial score (nSPS) is 26.6. The first-order chi connectivity index (χ1) is 13.5. The zero-order chi connectivity index (χ0) is 20.0. The molecule has 2 unspecified atom stereocenters. The Balaban J connectivity index is 1.81. The van der Waals surface area contributed by atoms with Crippen molar-refractivity contribution in [2.75, 3.05) is 26.3 Å². The predicted molar refractivity (Wildman–Crippen MR) is 112 cm³/mol. The molecule has 156 valence electrons. The lowest BCUT2D eigenvalue weighted by molar-refractivity contribution is -0.137. The second-order valence-corrected chi connectivity index (χ2v) is 8.88. The summed E-state index contributed by atoms with van der Waals surface area (Å²) in [4.78, 5) is 14.8. The lowest BCUT2D eigenvalue weighted by Crippen LogP contribution is -2.55. The Labute approximate surface area is 172 Å². The van der Waals surface area contributed by atoms with Gasteiger partial charge in [0.15, 0.2) is 0 Å². The summed E-state index contributed by atoms with van der Waals surface area (Å²) in [7, 11) is 0. The molecule has 6 heteroatoms. The Kier molecular flexibility index (Phi) is 7.69. The highest BCUT2D eigenvalue weighted by molar-refractivity contribution is 7.10.